The first-order valence-electron chi connectivity index (χ1n) is 8.32. The van der Waals surface area contributed by atoms with Crippen molar-refractivity contribution in [2.45, 2.75) is 78.4 Å². The monoisotopic (exact) mass is 284 g/mol. The molecule has 3 heteroatoms. The minimum absolute atomic E-state index is 0.467. The van der Waals surface area contributed by atoms with Crippen molar-refractivity contribution in [2.24, 2.45) is 23.7 Å². The molecule has 19 heavy (non-hydrogen) atoms. The van der Waals surface area contributed by atoms with Crippen molar-refractivity contribution in [3.63, 3.8) is 0 Å². The third-order valence-electron chi connectivity index (χ3n) is 5.40. The summed E-state index contributed by atoms with van der Waals surface area (Å²) in [5.74, 6) is 2.89. The fourth-order valence-electron chi connectivity index (χ4n) is 4.16. The molecule has 2 aliphatic rings. The van der Waals surface area contributed by atoms with Gasteiger partial charge in [0, 0.05) is 0 Å². The van der Waals surface area contributed by atoms with Crippen molar-refractivity contribution in [1.82, 2.24) is 0 Å². The van der Waals surface area contributed by atoms with Crippen molar-refractivity contribution >= 4 is 10.0 Å². The molecule has 2 saturated carbocycles. The van der Waals surface area contributed by atoms with E-state index in [1.54, 1.807) is 0 Å². The van der Waals surface area contributed by atoms with E-state index in [-0.39, 0.29) is 0 Å². The maximum Gasteiger partial charge on any atom is 0.305 e. The normalized spacial score (nSPS) is 44.8. The highest BCUT2D eigenvalue weighted by Gasteiger charge is 2.31. The SMILES string of the molecule is CC1CCCC(C)C1O[SiH2]OC1C(C)CCCC1C. The van der Waals surface area contributed by atoms with E-state index >= 15 is 0 Å². The Labute approximate surface area is 121 Å². The molecule has 0 aromatic rings. The smallest absolute Gasteiger partial charge is 0.305 e. The Bertz CT molecular complexity index is 225. The zero-order valence-corrected chi connectivity index (χ0v) is 14.6. The second kappa shape index (κ2) is 7.23. The standard InChI is InChI=1S/C16H32O2Si/c1-11-7-5-8-12(2)15(11)17-19-18-16-13(3)9-6-10-14(16)4/h11-16H,5-10,19H2,1-4H3. The molecule has 0 aromatic carbocycles. The lowest BCUT2D eigenvalue weighted by molar-refractivity contribution is -0.000566. The van der Waals surface area contributed by atoms with Gasteiger partial charge in [-0.2, -0.15) is 0 Å². The summed E-state index contributed by atoms with van der Waals surface area (Å²) in [6, 6.07) is 0. The van der Waals surface area contributed by atoms with Crippen molar-refractivity contribution in [2.75, 3.05) is 0 Å². The first-order chi connectivity index (χ1) is 9.09. The first kappa shape index (κ1) is 15.5. The van der Waals surface area contributed by atoms with Gasteiger partial charge < -0.3 is 8.85 Å². The summed E-state index contributed by atoms with van der Waals surface area (Å²) in [7, 11) is -0.806. The van der Waals surface area contributed by atoms with Gasteiger partial charge in [-0.05, 0) is 49.4 Å². The van der Waals surface area contributed by atoms with Gasteiger partial charge in [0.1, 0.15) is 0 Å². The molecule has 0 bridgehead atoms. The largest absolute Gasteiger partial charge is 0.395 e. The van der Waals surface area contributed by atoms with Crippen LogP contribution in [0.5, 0.6) is 0 Å². The Hall–Kier alpha value is 0.137. The Balaban J connectivity index is 1.75. The number of hydrogen-bond donors (Lipinski definition) is 0. The van der Waals surface area contributed by atoms with Crippen LogP contribution >= 0.6 is 0 Å². The fourth-order valence-corrected chi connectivity index (χ4v) is 5.86. The van der Waals surface area contributed by atoms with E-state index in [1.807, 2.05) is 0 Å². The van der Waals surface area contributed by atoms with Crippen LogP contribution in [-0.4, -0.2) is 22.2 Å². The van der Waals surface area contributed by atoms with E-state index in [9.17, 15) is 0 Å². The summed E-state index contributed by atoms with van der Waals surface area (Å²) in [6.45, 7) is 9.39. The van der Waals surface area contributed by atoms with E-state index in [0.29, 0.717) is 12.2 Å². The summed E-state index contributed by atoms with van der Waals surface area (Å²) in [5, 5.41) is 0. The van der Waals surface area contributed by atoms with Crippen LogP contribution in [-0.2, 0) is 8.85 Å². The zero-order valence-electron chi connectivity index (χ0n) is 13.2. The Kier molecular flexibility index (Phi) is 5.91. The molecule has 0 saturated heterocycles. The lowest BCUT2D eigenvalue weighted by Crippen LogP contribution is -2.38. The molecule has 2 aliphatic carbocycles. The average Bonchev–Trinajstić information content (AvgIpc) is 2.36. The molecular weight excluding hydrogens is 252 g/mol. The van der Waals surface area contributed by atoms with E-state index < -0.39 is 10.0 Å². The molecule has 0 N–H and O–H groups in total. The second-order valence-corrected chi connectivity index (χ2v) is 8.05. The van der Waals surface area contributed by atoms with Gasteiger partial charge in [-0.3, -0.25) is 0 Å². The molecule has 0 heterocycles. The second-order valence-electron chi connectivity index (χ2n) is 7.15. The molecular formula is C16H32O2Si. The van der Waals surface area contributed by atoms with E-state index in [4.69, 9.17) is 8.85 Å². The van der Waals surface area contributed by atoms with Crippen molar-refractivity contribution in [3.8, 4) is 0 Å². The van der Waals surface area contributed by atoms with E-state index in [2.05, 4.69) is 27.7 Å². The molecule has 4 atom stereocenters. The predicted molar refractivity (Wildman–Crippen MR) is 82.6 cm³/mol. The Morgan fingerprint density at radius 2 is 0.947 bits per heavy atom. The molecule has 0 amide bonds. The lowest BCUT2D eigenvalue weighted by atomic mass is 9.81. The molecule has 2 rings (SSSR count). The van der Waals surface area contributed by atoms with Crippen LogP contribution in [0.2, 0.25) is 0 Å². The van der Waals surface area contributed by atoms with Crippen LogP contribution in [0.15, 0.2) is 0 Å². The highest BCUT2D eigenvalue weighted by atomic mass is 28.3. The number of rotatable bonds is 4. The van der Waals surface area contributed by atoms with E-state index in [0.717, 1.165) is 23.7 Å². The minimum atomic E-state index is -0.806. The van der Waals surface area contributed by atoms with Gasteiger partial charge in [0.2, 0.25) is 0 Å². The van der Waals surface area contributed by atoms with Crippen LogP contribution < -0.4 is 0 Å². The molecule has 2 fully saturated rings. The van der Waals surface area contributed by atoms with E-state index in [1.165, 1.54) is 38.5 Å². The maximum atomic E-state index is 6.22. The summed E-state index contributed by atoms with van der Waals surface area (Å²) < 4.78 is 12.4. The third-order valence-corrected chi connectivity index (χ3v) is 6.44. The fraction of sp³-hybridized carbons (Fsp3) is 1.00. The lowest BCUT2D eigenvalue weighted by Gasteiger charge is -2.37. The van der Waals surface area contributed by atoms with Crippen molar-refractivity contribution in [1.29, 1.82) is 0 Å². The third kappa shape index (κ3) is 4.05. The summed E-state index contributed by atoms with van der Waals surface area (Å²) >= 11 is 0. The molecule has 4 unspecified atom stereocenters. The summed E-state index contributed by atoms with van der Waals surface area (Å²) in [5.41, 5.74) is 0. The minimum Gasteiger partial charge on any atom is -0.395 e. The first-order valence-corrected chi connectivity index (χ1v) is 9.48. The topological polar surface area (TPSA) is 18.5 Å². The van der Waals surface area contributed by atoms with Crippen LogP contribution in [0.4, 0.5) is 0 Å². The highest BCUT2D eigenvalue weighted by Crippen LogP contribution is 2.33. The summed E-state index contributed by atoms with van der Waals surface area (Å²) in [6.07, 6.45) is 9.02. The maximum absolute atomic E-state index is 6.22. The van der Waals surface area contributed by atoms with Crippen LogP contribution in [0.25, 0.3) is 0 Å². The van der Waals surface area contributed by atoms with Crippen LogP contribution in [0, 0.1) is 23.7 Å². The van der Waals surface area contributed by atoms with Gasteiger partial charge in [0.25, 0.3) is 0 Å². The zero-order chi connectivity index (χ0) is 13.8. The summed E-state index contributed by atoms with van der Waals surface area (Å²) in [4.78, 5) is 0. The average molecular weight is 285 g/mol. The van der Waals surface area contributed by atoms with Gasteiger partial charge in [0.15, 0.2) is 0 Å². The van der Waals surface area contributed by atoms with Gasteiger partial charge in [-0.1, -0.05) is 40.5 Å². The molecule has 0 spiro atoms. The van der Waals surface area contributed by atoms with Crippen molar-refractivity contribution < 1.29 is 8.85 Å². The van der Waals surface area contributed by atoms with Crippen LogP contribution in [0.3, 0.4) is 0 Å². The molecule has 112 valence electrons. The molecule has 0 aromatic heterocycles. The molecule has 0 radical (unpaired) electrons. The molecule has 2 nitrogen and oxygen atoms in total. The quantitative estimate of drug-likeness (QED) is 0.733. The predicted octanol–water partition coefficient (Wildman–Crippen LogP) is 3.67. The molecule has 0 aliphatic heterocycles. The van der Waals surface area contributed by atoms with Gasteiger partial charge in [-0.25, -0.2) is 0 Å². The van der Waals surface area contributed by atoms with Crippen LogP contribution in [0.1, 0.15) is 66.2 Å². The van der Waals surface area contributed by atoms with Gasteiger partial charge >= 0.3 is 10.0 Å². The highest BCUT2D eigenvalue weighted by molar-refractivity contribution is 6.18. The Morgan fingerprint density at radius 1 is 0.632 bits per heavy atom. The van der Waals surface area contributed by atoms with Crippen molar-refractivity contribution in [3.05, 3.63) is 0 Å². The number of hydrogen-bond acceptors (Lipinski definition) is 2. The Morgan fingerprint density at radius 3 is 1.26 bits per heavy atom. The van der Waals surface area contributed by atoms with Gasteiger partial charge in [-0.15, -0.1) is 0 Å². The van der Waals surface area contributed by atoms with Gasteiger partial charge in [0.05, 0.1) is 12.2 Å².